The van der Waals surface area contributed by atoms with E-state index in [-0.39, 0.29) is 5.78 Å². The first-order valence-electron chi connectivity index (χ1n) is 3.57. The number of nitrogens with one attached hydrogen (secondary N) is 1. The lowest BCUT2D eigenvalue weighted by molar-refractivity contribution is -0.127. The van der Waals surface area contributed by atoms with Gasteiger partial charge in [0.15, 0.2) is 5.78 Å². The number of carbonyl (C=O) groups excluding carboxylic acids is 1. The highest BCUT2D eigenvalue weighted by Gasteiger charge is 2.09. The van der Waals surface area contributed by atoms with Crippen molar-refractivity contribution in [1.29, 1.82) is 0 Å². The Balaban J connectivity index is 3.31. The van der Waals surface area contributed by atoms with Crippen molar-refractivity contribution in [3.05, 3.63) is 0 Å². The fourth-order valence-corrected chi connectivity index (χ4v) is 0.434. The molecule has 0 spiro atoms. The van der Waals surface area contributed by atoms with Crippen molar-refractivity contribution < 1.29 is 9.63 Å². The number of Topliss-reactive ketones (excluding diaryl/α,β-unsaturated/α-hetero) is 1. The molecule has 0 radical (unpaired) electrons. The topological polar surface area (TPSA) is 38.3 Å². The zero-order valence-electron chi connectivity index (χ0n) is 7.06. The molecule has 0 aromatic rings. The van der Waals surface area contributed by atoms with Crippen LogP contribution in [0.25, 0.3) is 0 Å². The average molecular weight is 180 g/mol. The number of carbonyl (C=O) groups is 1. The second-order valence-electron chi connectivity index (χ2n) is 2.79. The Hall–Kier alpha value is -0.120. The summed E-state index contributed by atoms with van der Waals surface area (Å²) in [7, 11) is 0. The van der Waals surface area contributed by atoms with Gasteiger partial charge in [0, 0.05) is 6.54 Å². The molecular weight excluding hydrogens is 166 g/mol. The molecular formula is C7H14ClNO2. The largest absolute Gasteiger partial charge is 0.296 e. The summed E-state index contributed by atoms with van der Waals surface area (Å²) >= 11 is 5.46. The first-order valence-corrected chi connectivity index (χ1v) is 4.00. The summed E-state index contributed by atoms with van der Waals surface area (Å²) in [5.41, 5.74) is 1.75. The molecule has 0 rings (SSSR count). The van der Waals surface area contributed by atoms with Gasteiger partial charge in [0.1, 0.15) is 0 Å². The van der Waals surface area contributed by atoms with Gasteiger partial charge in [0.2, 0.25) is 5.56 Å². The van der Waals surface area contributed by atoms with Crippen LogP contribution < -0.4 is 5.48 Å². The third-order valence-corrected chi connectivity index (χ3v) is 1.39. The Morgan fingerprint density at radius 3 is 2.55 bits per heavy atom. The van der Waals surface area contributed by atoms with E-state index < -0.39 is 5.56 Å². The molecule has 0 fully saturated rings. The highest BCUT2D eigenvalue weighted by Crippen LogP contribution is 1.97. The predicted octanol–water partition coefficient (Wildman–Crippen LogP) is 1.32. The zero-order valence-corrected chi connectivity index (χ0v) is 7.81. The van der Waals surface area contributed by atoms with E-state index >= 15 is 0 Å². The Morgan fingerprint density at radius 2 is 2.18 bits per heavy atom. The lowest BCUT2D eigenvalue weighted by Crippen LogP contribution is -2.27. The molecule has 0 aromatic carbocycles. The summed E-state index contributed by atoms with van der Waals surface area (Å²) < 4.78 is 0. The zero-order chi connectivity index (χ0) is 8.85. The van der Waals surface area contributed by atoms with Crippen molar-refractivity contribution in [2.24, 2.45) is 5.92 Å². The summed E-state index contributed by atoms with van der Waals surface area (Å²) in [6, 6.07) is 0. The quantitative estimate of drug-likeness (QED) is 0.511. The smallest absolute Gasteiger partial charge is 0.209 e. The molecule has 0 aliphatic rings. The van der Waals surface area contributed by atoms with E-state index in [1.165, 1.54) is 6.92 Å². The predicted molar refractivity (Wildman–Crippen MR) is 44.2 cm³/mol. The minimum atomic E-state index is -0.867. The first kappa shape index (κ1) is 10.9. The van der Waals surface area contributed by atoms with Crippen molar-refractivity contribution >= 4 is 17.4 Å². The van der Waals surface area contributed by atoms with Crippen LogP contribution >= 0.6 is 11.6 Å². The molecule has 0 amide bonds. The Kier molecular flexibility index (Phi) is 5.46. The molecule has 0 aliphatic heterocycles. The van der Waals surface area contributed by atoms with Gasteiger partial charge in [-0.25, -0.2) is 5.48 Å². The molecule has 0 saturated carbocycles. The minimum absolute atomic E-state index is 0.192. The molecule has 3 nitrogen and oxygen atoms in total. The second kappa shape index (κ2) is 5.52. The standard InChI is InChI=1S/C7H14ClNO2/c1-5(2)4-9-11-7(8)6(3)10/h5,7,9H,4H2,1-3H3. The molecule has 4 heteroatoms. The van der Waals surface area contributed by atoms with Crippen molar-refractivity contribution in [2.45, 2.75) is 26.3 Å². The molecule has 0 heterocycles. The minimum Gasteiger partial charge on any atom is -0.296 e. The maximum Gasteiger partial charge on any atom is 0.209 e. The molecule has 0 saturated heterocycles. The van der Waals surface area contributed by atoms with Crippen molar-refractivity contribution in [2.75, 3.05) is 6.54 Å². The van der Waals surface area contributed by atoms with Crippen LogP contribution in [0.4, 0.5) is 0 Å². The monoisotopic (exact) mass is 179 g/mol. The van der Waals surface area contributed by atoms with Gasteiger partial charge in [-0.2, -0.15) is 0 Å². The Labute approximate surface area is 72.0 Å². The van der Waals surface area contributed by atoms with E-state index in [9.17, 15) is 4.79 Å². The number of alkyl halides is 1. The summed E-state index contributed by atoms with van der Waals surface area (Å²) in [5, 5.41) is 0. The van der Waals surface area contributed by atoms with Crippen molar-refractivity contribution in [1.82, 2.24) is 5.48 Å². The Morgan fingerprint density at radius 1 is 1.64 bits per heavy atom. The number of rotatable bonds is 5. The number of hydrogen-bond acceptors (Lipinski definition) is 3. The first-order chi connectivity index (χ1) is 5.04. The van der Waals surface area contributed by atoms with E-state index in [1.54, 1.807) is 0 Å². The highest BCUT2D eigenvalue weighted by atomic mass is 35.5. The van der Waals surface area contributed by atoms with Crippen LogP contribution in [0.3, 0.4) is 0 Å². The molecule has 1 N–H and O–H groups in total. The normalized spacial score (nSPS) is 13.5. The molecule has 1 atom stereocenters. The third kappa shape index (κ3) is 6.28. The van der Waals surface area contributed by atoms with Crippen LogP contribution in [0.5, 0.6) is 0 Å². The van der Waals surface area contributed by atoms with Crippen LogP contribution in [-0.4, -0.2) is 17.9 Å². The molecule has 0 bridgehead atoms. The fraction of sp³-hybridized carbons (Fsp3) is 0.857. The number of hydrogen-bond donors (Lipinski definition) is 1. The van der Waals surface area contributed by atoms with E-state index in [2.05, 4.69) is 5.48 Å². The number of hydroxylamine groups is 1. The van der Waals surface area contributed by atoms with Crippen LogP contribution in [0.2, 0.25) is 0 Å². The summed E-state index contributed by atoms with van der Waals surface area (Å²) in [5.74, 6) is 0.286. The van der Waals surface area contributed by atoms with E-state index in [0.29, 0.717) is 12.5 Å². The highest BCUT2D eigenvalue weighted by molar-refractivity contribution is 6.29. The van der Waals surface area contributed by atoms with Crippen molar-refractivity contribution in [3.8, 4) is 0 Å². The van der Waals surface area contributed by atoms with Gasteiger partial charge in [0.05, 0.1) is 0 Å². The molecule has 0 aliphatic carbocycles. The SMILES string of the molecule is CC(=O)C(Cl)ONCC(C)C. The van der Waals surface area contributed by atoms with E-state index in [1.807, 2.05) is 13.8 Å². The van der Waals surface area contributed by atoms with Gasteiger partial charge in [-0.15, -0.1) is 0 Å². The number of ketones is 1. The Bertz CT molecular complexity index is 128. The molecule has 11 heavy (non-hydrogen) atoms. The van der Waals surface area contributed by atoms with Gasteiger partial charge in [-0.1, -0.05) is 25.4 Å². The van der Waals surface area contributed by atoms with Gasteiger partial charge in [0.25, 0.3) is 0 Å². The van der Waals surface area contributed by atoms with Crippen LogP contribution in [0, 0.1) is 5.92 Å². The average Bonchev–Trinajstić information content (AvgIpc) is 1.86. The lowest BCUT2D eigenvalue weighted by atomic mass is 10.2. The number of halogens is 1. The third-order valence-electron chi connectivity index (χ3n) is 0.998. The van der Waals surface area contributed by atoms with Gasteiger partial charge in [-0.05, 0) is 12.8 Å². The lowest BCUT2D eigenvalue weighted by Gasteiger charge is -2.09. The van der Waals surface area contributed by atoms with Gasteiger partial charge >= 0.3 is 0 Å². The van der Waals surface area contributed by atoms with Crippen molar-refractivity contribution in [3.63, 3.8) is 0 Å². The molecule has 66 valence electrons. The summed E-state index contributed by atoms with van der Waals surface area (Å²) in [6.45, 7) is 6.14. The fourth-order valence-electron chi connectivity index (χ4n) is 0.371. The van der Waals surface area contributed by atoms with Gasteiger partial charge in [-0.3, -0.25) is 9.63 Å². The molecule has 0 aromatic heterocycles. The summed E-state index contributed by atoms with van der Waals surface area (Å²) in [6.07, 6.45) is 0. The van der Waals surface area contributed by atoms with Gasteiger partial charge < -0.3 is 0 Å². The van der Waals surface area contributed by atoms with Crippen LogP contribution in [0.15, 0.2) is 0 Å². The van der Waals surface area contributed by atoms with Crippen LogP contribution in [-0.2, 0) is 9.63 Å². The molecule has 1 unspecified atom stereocenters. The van der Waals surface area contributed by atoms with E-state index in [4.69, 9.17) is 16.4 Å². The maximum absolute atomic E-state index is 10.5. The van der Waals surface area contributed by atoms with Crippen LogP contribution in [0.1, 0.15) is 20.8 Å². The summed E-state index contributed by atoms with van der Waals surface area (Å²) in [4.78, 5) is 15.3. The second-order valence-corrected chi connectivity index (χ2v) is 3.18. The van der Waals surface area contributed by atoms with E-state index in [0.717, 1.165) is 0 Å². The maximum atomic E-state index is 10.5.